The van der Waals surface area contributed by atoms with Crippen LogP contribution < -0.4 is 0 Å². The summed E-state index contributed by atoms with van der Waals surface area (Å²) < 4.78 is 2.26. The van der Waals surface area contributed by atoms with E-state index in [1.807, 2.05) is 20.2 Å². The molecule has 2 aliphatic carbocycles. The van der Waals surface area contributed by atoms with Gasteiger partial charge in [0.2, 0.25) is 0 Å². The molecule has 0 aromatic carbocycles. The number of hydrogen-bond acceptors (Lipinski definition) is 5. The third-order valence-electron chi connectivity index (χ3n) is 6.49. The topological polar surface area (TPSA) is 63.9 Å². The Kier molecular flexibility index (Phi) is 3.71. The molecule has 3 aliphatic rings. The van der Waals surface area contributed by atoms with E-state index in [1.165, 1.54) is 43.4 Å². The summed E-state index contributed by atoms with van der Waals surface area (Å²) >= 11 is 1.52. The van der Waals surface area contributed by atoms with Crippen molar-refractivity contribution in [1.29, 1.82) is 0 Å². The largest absolute Gasteiger partial charge is 0.337 e. The SMILES string of the molecule is Cc1nc(C)c(C(=O)N2CC(c3nncn3CC3CC3)C3(CCC3)C2)s1. The highest BCUT2D eigenvalue weighted by atomic mass is 32.1. The van der Waals surface area contributed by atoms with Crippen molar-refractivity contribution in [3.63, 3.8) is 0 Å². The van der Waals surface area contributed by atoms with E-state index in [-0.39, 0.29) is 11.3 Å². The van der Waals surface area contributed by atoms with Crippen molar-refractivity contribution < 1.29 is 4.79 Å². The normalized spacial score (nSPS) is 24.2. The smallest absolute Gasteiger partial charge is 0.265 e. The Morgan fingerprint density at radius 3 is 2.77 bits per heavy atom. The van der Waals surface area contributed by atoms with Crippen molar-refractivity contribution in [2.24, 2.45) is 11.3 Å². The molecule has 0 N–H and O–H groups in total. The number of amides is 1. The molecule has 1 unspecified atom stereocenters. The average molecular weight is 372 g/mol. The summed E-state index contributed by atoms with van der Waals surface area (Å²) in [5.41, 5.74) is 1.07. The molecule has 1 aliphatic heterocycles. The van der Waals surface area contributed by atoms with E-state index in [2.05, 4.69) is 24.6 Å². The maximum absolute atomic E-state index is 13.2. The molecule has 1 atom stereocenters. The molecule has 138 valence electrons. The lowest BCUT2D eigenvalue weighted by atomic mass is 9.62. The van der Waals surface area contributed by atoms with Crippen molar-refractivity contribution >= 4 is 17.2 Å². The van der Waals surface area contributed by atoms with Crippen LogP contribution >= 0.6 is 11.3 Å². The summed E-state index contributed by atoms with van der Waals surface area (Å²) in [4.78, 5) is 20.4. The number of likely N-dealkylation sites (tertiary alicyclic amines) is 1. The molecule has 2 saturated carbocycles. The minimum atomic E-state index is 0.148. The van der Waals surface area contributed by atoms with Gasteiger partial charge in [-0.2, -0.15) is 0 Å². The summed E-state index contributed by atoms with van der Waals surface area (Å²) in [5.74, 6) is 2.36. The average Bonchev–Trinajstić information content (AvgIpc) is 2.99. The highest BCUT2D eigenvalue weighted by Gasteiger charge is 2.54. The number of carbonyl (C=O) groups is 1. The second-order valence-corrected chi connectivity index (χ2v) is 9.59. The Morgan fingerprint density at radius 1 is 1.35 bits per heavy atom. The van der Waals surface area contributed by atoms with Gasteiger partial charge < -0.3 is 9.47 Å². The molecule has 1 amide bonds. The molecule has 3 heterocycles. The summed E-state index contributed by atoms with van der Waals surface area (Å²) in [7, 11) is 0. The van der Waals surface area contributed by atoms with Crippen molar-refractivity contribution in [2.75, 3.05) is 13.1 Å². The van der Waals surface area contributed by atoms with Crippen molar-refractivity contribution in [3.05, 3.63) is 27.7 Å². The maximum atomic E-state index is 13.2. The minimum absolute atomic E-state index is 0.148. The molecule has 5 rings (SSSR count). The zero-order valence-electron chi connectivity index (χ0n) is 15.4. The molecular formula is C19H25N5OS. The van der Waals surface area contributed by atoms with Crippen LogP contribution in [0.25, 0.3) is 0 Å². The molecule has 2 aromatic heterocycles. The van der Waals surface area contributed by atoms with Gasteiger partial charge in [0.25, 0.3) is 5.91 Å². The van der Waals surface area contributed by atoms with Gasteiger partial charge in [-0.05, 0) is 50.9 Å². The molecule has 26 heavy (non-hydrogen) atoms. The first kappa shape index (κ1) is 16.4. The quantitative estimate of drug-likeness (QED) is 0.828. The molecule has 0 bridgehead atoms. The van der Waals surface area contributed by atoms with Crippen molar-refractivity contribution in [2.45, 2.75) is 58.4 Å². The first-order chi connectivity index (χ1) is 12.6. The summed E-state index contributed by atoms with van der Waals surface area (Å²) in [6.45, 7) is 6.56. The number of hydrogen-bond donors (Lipinski definition) is 0. The van der Waals surface area contributed by atoms with E-state index in [0.29, 0.717) is 5.92 Å². The fourth-order valence-corrected chi connectivity index (χ4v) is 5.63. The number of nitrogens with zero attached hydrogens (tertiary/aromatic N) is 5. The maximum Gasteiger partial charge on any atom is 0.265 e. The van der Waals surface area contributed by atoms with Gasteiger partial charge >= 0.3 is 0 Å². The Balaban J connectivity index is 1.43. The second kappa shape index (κ2) is 5.87. The van der Waals surface area contributed by atoms with Crippen molar-refractivity contribution in [3.8, 4) is 0 Å². The van der Waals surface area contributed by atoms with E-state index in [1.54, 1.807) is 0 Å². The zero-order valence-corrected chi connectivity index (χ0v) is 16.3. The van der Waals surface area contributed by atoms with Gasteiger partial charge in [0.1, 0.15) is 17.0 Å². The number of aromatic nitrogens is 4. The standard InChI is InChI=1S/C19H25N5OS/c1-12-16(26-13(2)21-12)18(25)23-9-15(19(10-23)6-3-7-19)17-22-20-11-24(17)8-14-4-5-14/h11,14-15H,3-10H2,1-2H3. The van der Waals surface area contributed by atoms with E-state index in [9.17, 15) is 4.79 Å². The lowest BCUT2D eigenvalue weighted by Gasteiger charge is -2.42. The monoisotopic (exact) mass is 371 g/mol. The predicted octanol–water partition coefficient (Wildman–Crippen LogP) is 3.17. The summed E-state index contributed by atoms with van der Waals surface area (Å²) in [6, 6.07) is 0. The number of aryl methyl sites for hydroxylation is 2. The Hall–Kier alpha value is -1.76. The number of rotatable bonds is 4. The molecule has 3 fully saturated rings. The summed E-state index contributed by atoms with van der Waals surface area (Å²) in [6.07, 6.45) is 8.18. The molecule has 7 heteroatoms. The first-order valence-corrected chi connectivity index (χ1v) is 10.5. The highest BCUT2D eigenvalue weighted by molar-refractivity contribution is 7.13. The second-order valence-electron chi connectivity index (χ2n) is 8.39. The lowest BCUT2D eigenvalue weighted by molar-refractivity contribution is 0.0727. The van der Waals surface area contributed by atoms with Crippen LogP contribution in [0.5, 0.6) is 0 Å². The van der Waals surface area contributed by atoms with Gasteiger partial charge in [-0.15, -0.1) is 21.5 Å². The Morgan fingerprint density at radius 2 is 2.15 bits per heavy atom. The van der Waals surface area contributed by atoms with Crippen LogP contribution in [0.1, 0.15) is 64.2 Å². The van der Waals surface area contributed by atoms with Gasteiger partial charge in [-0.1, -0.05) is 6.42 Å². The van der Waals surface area contributed by atoms with Gasteiger partial charge in [-0.3, -0.25) is 4.79 Å². The van der Waals surface area contributed by atoms with E-state index >= 15 is 0 Å². The van der Waals surface area contributed by atoms with Gasteiger partial charge in [0.15, 0.2) is 0 Å². The van der Waals surface area contributed by atoms with Crippen LogP contribution in [0.15, 0.2) is 6.33 Å². The van der Waals surface area contributed by atoms with Crippen LogP contribution in [-0.2, 0) is 6.54 Å². The molecule has 0 radical (unpaired) electrons. The van der Waals surface area contributed by atoms with Crippen LogP contribution in [0.3, 0.4) is 0 Å². The van der Waals surface area contributed by atoms with E-state index < -0.39 is 0 Å². The van der Waals surface area contributed by atoms with Gasteiger partial charge in [0.05, 0.1) is 10.7 Å². The first-order valence-electron chi connectivity index (χ1n) is 9.67. The molecule has 1 saturated heterocycles. The van der Waals surface area contributed by atoms with Crippen molar-refractivity contribution in [1.82, 2.24) is 24.6 Å². The zero-order chi connectivity index (χ0) is 17.9. The van der Waals surface area contributed by atoms with Gasteiger partial charge in [0, 0.05) is 25.6 Å². The van der Waals surface area contributed by atoms with Crippen LogP contribution in [0.4, 0.5) is 0 Å². The number of carbonyl (C=O) groups excluding carboxylic acids is 1. The van der Waals surface area contributed by atoms with Crippen LogP contribution in [-0.4, -0.2) is 43.6 Å². The van der Waals surface area contributed by atoms with Crippen LogP contribution in [0, 0.1) is 25.2 Å². The van der Waals surface area contributed by atoms with Crippen LogP contribution in [0.2, 0.25) is 0 Å². The Bertz CT molecular complexity index is 848. The third kappa shape index (κ3) is 2.59. The van der Waals surface area contributed by atoms with E-state index in [0.717, 1.165) is 47.0 Å². The molecule has 2 aromatic rings. The highest BCUT2D eigenvalue weighted by Crippen LogP contribution is 2.55. The van der Waals surface area contributed by atoms with Gasteiger partial charge in [-0.25, -0.2) is 4.98 Å². The third-order valence-corrected chi connectivity index (χ3v) is 7.55. The molecule has 6 nitrogen and oxygen atoms in total. The Labute approximate surface area is 157 Å². The fourth-order valence-electron chi connectivity index (χ4n) is 4.74. The fraction of sp³-hybridized carbons (Fsp3) is 0.684. The molecule has 1 spiro atoms. The van der Waals surface area contributed by atoms with E-state index in [4.69, 9.17) is 0 Å². The minimum Gasteiger partial charge on any atom is -0.337 e. The lowest BCUT2D eigenvalue weighted by Crippen LogP contribution is -2.38. The summed E-state index contributed by atoms with van der Waals surface area (Å²) in [5, 5.41) is 9.69. The predicted molar refractivity (Wildman–Crippen MR) is 99.3 cm³/mol. The number of thiazole rings is 1. The molecular weight excluding hydrogens is 346 g/mol.